The van der Waals surface area contributed by atoms with Gasteiger partial charge < -0.3 is 20.3 Å². The molecule has 0 amide bonds. The number of aliphatic imine (C=N–C) groups is 1. The van der Waals surface area contributed by atoms with Gasteiger partial charge >= 0.3 is 0 Å². The van der Waals surface area contributed by atoms with Crippen LogP contribution in [0.2, 0.25) is 0 Å². The zero-order chi connectivity index (χ0) is 16.4. The number of nitrogens with zero attached hydrogens (tertiary/aromatic N) is 2. The van der Waals surface area contributed by atoms with Gasteiger partial charge in [-0.3, -0.25) is 4.99 Å². The maximum Gasteiger partial charge on any atom is 0.191 e. The molecule has 2 N–H and O–H groups in total. The van der Waals surface area contributed by atoms with E-state index in [9.17, 15) is 0 Å². The Bertz CT molecular complexity index is 472. The van der Waals surface area contributed by atoms with E-state index in [1.54, 1.807) is 7.05 Å². The smallest absolute Gasteiger partial charge is 0.191 e. The topological polar surface area (TPSA) is 48.9 Å². The van der Waals surface area contributed by atoms with E-state index in [1.807, 2.05) is 6.92 Å². The number of guanidine groups is 1. The molecule has 0 bridgehead atoms. The minimum absolute atomic E-state index is 0.769. The maximum atomic E-state index is 5.32. The summed E-state index contributed by atoms with van der Waals surface area (Å²) >= 11 is 0. The van der Waals surface area contributed by atoms with Crippen molar-refractivity contribution in [2.75, 3.05) is 45.8 Å². The van der Waals surface area contributed by atoms with E-state index in [-0.39, 0.29) is 0 Å². The number of rotatable bonds is 8. The molecule has 0 unspecified atom stereocenters. The Morgan fingerprint density at radius 1 is 1.27 bits per heavy atom. The van der Waals surface area contributed by atoms with Crippen molar-refractivity contribution < 1.29 is 4.74 Å². The summed E-state index contributed by atoms with van der Waals surface area (Å²) in [6.07, 6.45) is 0.977. The molecule has 5 heteroatoms. The summed E-state index contributed by atoms with van der Waals surface area (Å²) in [4.78, 5) is 6.36. The summed E-state index contributed by atoms with van der Waals surface area (Å²) in [5, 5.41) is 6.65. The standard InChI is InChI=1S/C17H30N4O/c1-6-22-11-7-10-19-17(18-3)20-13-15-8-9-16(21(4)5)12-14(15)2/h8-9,12H,6-7,10-11,13H2,1-5H3,(H2,18,19,20). The van der Waals surface area contributed by atoms with E-state index in [0.717, 1.165) is 38.7 Å². The van der Waals surface area contributed by atoms with E-state index < -0.39 is 0 Å². The molecule has 5 nitrogen and oxygen atoms in total. The molecular formula is C17H30N4O. The summed E-state index contributed by atoms with van der Waals surface area (Å²) in [5.41, 5.74) is 3.79. The molecule has 0 aliphatic heterocycles. The lowest BCUT2D eigenvalue weighted by atomic mass is 10.1. The van der Waals surface area contributed by atoms with Crippen molar-refractivity contribution in [1.29, 1.82) is 0 Å². The van der Waals surface area contributed by atoms with Crippen molar-refractivity contribution in [2.24, 2.45) is 4.99 Å². The van der Waals surface area contributed by atoms with E-state index in [1.165, 1.54) is 16.8 Å². The van der Waals surface area contributed by atoms with Crippen molar-refractivity contribution in [2.45, 2.75) is 26.8 Å². The van der Waals surface area contributed by atoms with Gasteiger partial charge in [-0.25, -0.2) is 0 Å². The van der Waals surface area contributed by atoms with Gasteiger partial charge in [0.05, 0.1) is 0 Å². The van der Waals surface area contributed by atoms with Crippen molar-refractivity contribution in [3.63, 3.8) is 0 Å². The number of ether oxygens (including phenoxy) is 1. The molecule has 0 saturated heterocycles. The van der Waals surface area contributed by atoms with E-state index in [4.69, 9.17) is 4.74 Å². The molecule has 22 heavy (non-hydrogen) atoms. The van der Waals surface area contributed by atoms with Gasteiger partial charge in [0.2, 0.25) is 0 Å². The average molecular weight is 306 g/mol. The number of hydrogen-bond acceptors (Lipinski definition) is 3. The third-order valence-corrected chi connectivity index (χ3v) is 3.47. The van der Waals surface area contributed by atoms with E-state index in [2.05, 4.69) is 59.7 Å². The van der Waals surface area contributed by atoms with Gasteiger partial charge in [0.15, 0.2) is 5.96 Å². The van der Waals surface area contributed by atoms with Gasteiger partial charge in [0.1, 0.15) is 0 Å². The Morgan fingerprint density at radius 2 is 2.05 bits per heavy atom. The Balaban J connectivity index is 2.43. The van der Waals surface area contributed by atoms with Gasteiger partial charge in [-0.05, 0) is 43.5 Å². The number of aryl methyl sites for hydroxylation is 1. The molecule has 0 heterocycles. The molecule has 0 atom stereocenters. The molecule has 0 aliphatic rings. The van der Waals surface area contributed by atoms with Crippen LogP contribution in [0, 0.1) is 6.92 Å². The van der Waals surface area contributed by atoms with Gasteiger partial charge in [-0.15, -0.1) is 0 Å². The molecule has 1 aromatic carbocycles. The highest BCUT2D eigenvalue weighted by Crippen LogP contribution is 2.17. The normalized spacial score (nSPS) is 11.4. The van der Waals surface area contributed by atoms with Crippen LogP contribution in [0.15, 0.2) is 23.2 Å². The number of benzene rings is 1. The van der Waals surface area contributed by atoms with Crippen LogP contribution in [0.4, 0.5) is 5.69 Å². The quantitative estimate of drug-likeness (QED) is 0.439. The molecule has 0 aromatic heterocycles. The zero-order valence-electron chi connectivity index (χ0n) is 14.6. The molecule has 124 valence electrons. The average Bonchev–Trinajstić information content (AvgIpc) is 2.51. The second-order valence-corrected chi connectivity index (χ2v) is 5.41. The highest BCUT2D eigenvalue weighted by molar-refractivity contribution is 5.79. The minimum atomic E-state index is 0.769. The van der Waals surface area contributed by atoms with Crippen LogP contribution in [0.5, 0.6) is 0 Å². The Morgan fingerprint density at radius 3 is 2.64 bits per heavy atom. The number of hydrogen-bond donors (Lipinski definition) is 2. The summed E-state index contributed by atoms with van der Waals surface area (Å²) in [5.74, 6) is 0.826. The molecule has 0 aliphatic carbocycles. The highest BCUT2D eigenvalue weighted by Gasteiger charge is 2.03. The van der Waals surface area contributed by atoms with Crippen LogP contribution in [0.1, 0.15) is 24.5 Å². The highest BCUT2D eigenvalue weighted by atomic mass is 16.5. The first kappa shape index (κ1) is 18.3. The maximum absolute atomic E-state index is 5.32. The van der Waals surface area contributed by atoms with Crippen molar-refractivity contribution >= 4 is 11.6 Å². The first-order valence-corrected chi connectivity index (χ1v) is 7.87. The van der Waals surface area contributed by atoms with Crippen LogP contribution in [-0.4, -0.2) is 46.9 Å². The van der Waals surface area contributed by atoms with Gasteiger partial charge in [-0.1, -0.05) is 6.07 Å². The van der Waals surface area contributed by atoms with Crippen LogP contribution in [-0.2, 0) is 11.3 Å². The Hall–Kier alpha value is -1.75. The lowest BCUT2D eigenvalue weighted by Gasteiger charge is -2.16. The van der Waals surface area contributed by atoms with Crippen LogP contribution >= 0.6 is 0 Å². The second kappa shape index (κ2) is 10.1. The van der Waals surface area contributed by atoms with Crippen molar-refractivity contribution in [3.8, 4) is 0 Å². The van der Waals surface area contributed by atoms with Gasteiger partial charge in [0.25, 0.3) is 0 Å². The third kappa shape index (κ3) is 6.35. The van der Waals surface area contributed by atoms with Crippen molar-refractivity contribution in [3.05, 3.63) is 29.3 Å². The predicted octanol–water partition coefficient (Wildman–Crippen LogP) is 2.15. The summed E-state index contributed by atoms with van der Waals surface area (Å²) < 4.78 is 5.32. The zero-order valence-corrected chi connectivity index (χ0v) is 14.6. The number of anilines is 1. The monoisotopic (exact) mass is 306 g/mol. The Kier molecular flexibility index (Phi) is 8.36. The number of nitrogens with one attached hydrogen (secondary N) is 2. The fourth-order valence-electron chi connectivity index (χ4n) is 2.08. The Labute approximate surface area is 134 Å². The third-order valence-electron chi connectivity index (χ3n) is 3.47. The minimum Gasteiger partial charge on any atom is -0.382 e. The molecule has 0 spiro atoms. The van der Waals surface area contributed by atoms with Crippen LogP contribution < -0.4 is 15.5 Å². The van der Waals surface area contributed by atoms with Crippen molar-refractivity contribution in [1.82, 2.24) is 10.6 Å². The summed E-state index contributed by atoms with van der Waals surface area (Å²) in [6.45, 7) is 7.34. The van der Waals surface area contributed by atoms with Crippen LogP contribution in [0.25, 0.3) is 0 Å². The van der Waals surface area contributed by atoms with E-state index >= 15 is 0 Å². The lowest BCUT2D eigenvalue weighted by Crippen LogP contribution is -2.37. The molecule has 0 radical (unpaired) electrons. The largest absolute Gasteiger partial charge is 0.382 e. The molecule has 1 aromatic rings. The summed E-state index contributed by atoms with van der Waals surface area (Å²) in [7, 11) is 5.90. The first-order valence-electron chi connectivity index (χ1n) is 7.87. The first-order chi connectivity index (χ1) is 10.6. The molecule has 0 fully saturated rings. The lowest BCUT2D eigenvalue weighted by molar-refractivity contribution is 0.145. The second-order valence-electron chi connectivity index (χ2n) is 5.41. The fourth-order valence-corrected chi connectivity index (χ4v) is 2.08. The van der Waals surface area contributed by atoms with Crippen LogP contribution in [0.3, 0.4) is 0 Å². The SMILES string of the molecule is CCOCCCNC(=NC)NCc1ccc(N(C)C)cc1C. The van der Waals surface area contributed by atoms with E-state index in [0.29, 0.717) is 0 Å². The molecule has 0 saturated carbocycles. The van der Waals surface area contributed by atoms with Gasteiger partial charge in [-0.2, -0.15) is 0 Å². The molecule has 1 rings (SSSR count). The van der Waals surface area contributed by atoms with Gasteiger partial charge in [0, 0.05) is 53.1 Å². The molecular weight excluding hydrogens is 276 g/mol. The fraction of sp³-hybridized carbons (Fsp3) is 0.588. The predicted molar refractivity (Wildman–Crippen MR) is 94.8 cm³/mol. The summed E-state index contributed by atoms with van der Waals surface area (Å²) in [6, 6.07) is 6.51.